The number of hydrogen-bond donors (Lipinski definition) is 4. The number of allylic oxidation sites excluding steroid dienone is 1. The number of halogens is 1. The van der Waals surface area contributed by atoms with Crippen molar-refractivity contribution in [3.8, 4) is 6.07 Å². The van der Waals surface area contributed by atoms with E-state index in [0.717, 1.165) is 0 Å². The van der Waals surface area contributed by atoms with E-state index in [2.05, 4.69) is 21.5 Å². The van der Waals surface area contributed by atoms with Crippen LogP contribution in [0.15, 0.2) is 35.5 Å². The lowest BCUT2D eigenvalue weighted by Gasteiger charge is -2.11. The molecule has 116 valence electrons. The van der Waals surface area contributed by atoms with E-state index in [4.69, 9.17) is 16.9 Å². The van der Waals surface area contributed by atoms with Gasteiger partial charge in [0.15, 0.2) is 0 Å². The Morgan fingerprint density at radius 3 is 2.55 bits per heavy atom. The molecular weight excluding hydrogens is 306 g/mol. The number of para-hydroxylation sites is 1. The van der Waals surface area contributed by atoms with Gasteiger partial charge in [-0.3, -0.25) is 10.1 Å². The van der Waals surface area contributed by atoms with Crippen LogP contribution >= 0.6 is 11.6 Å². The van der Waals surface area contributed by atoms with E-state index in [-0.39, 0.29) is 5.57 Å². The topological polar surface area (TPSA) is 106 Å². The maximum absolute atomic E-state index is 12.0. The highest BCUT2D eigenvalue weighted by molar-refractivity contribution is 6.33. The van der Waals surface area contributed by atoms with Gasteiger partial charge in [-0.15, -0.1) is 0 Å². The van der Waals surface area contributed by atoms with E-state index in [1.54, 1.807) is 44.3 Å². The average Bonchev–Trinajstić information content (AvgIpc) is 2.49. The van der Waals surface area contributed by atoms with Crippen molar-refractivity contribution in [3.63, 3.8) is 0 Å². The predicted molar refractivity (Wildman–Crippen MR) is 83.7 cm³/mol. The molecule has 0 aliphatic carbocycles. The molecule has 3 amide bonds. The predicted octanol–water partition coefficient (Wildman–Crippen LogP) is 1.90. The van der Waals surface area contributed by atoms with Crippen LogP contribution in [0.2, 0.25) is 5.02 Å². The first-order valence-electron chi connectivity index (χ1n) is 6.46. The molecule has 1 aromatic carbocycles. The van der Waals surface area contributed by atoms with Gasteiger partial charge < -0.3 is 10.7 Å². The van der Waals surface area contributed by atoms with E-state index in [1.807, 2.05) is 0 Å². The van der Waals surface area contributed by atoms with Crippen LogP contribution in [0.5, 0.6) is 0 Å². The van der Waals surface area contributed by atoms with Gasteiger partial charge in [-0.2, -0.15) is 5.26 Å². The highest BCUT2D eigenvalue weighted by Gasteiger charge is 2.17. The second kappa shape index (κ2) is 8.67. The van der Waals surface area contributed by atoms with E-state index in [1.165, 1.54) is 0 Å². The second-order valence-corrected chi connectivity index (χ2v) is 4.49. The third kappa shape index (κ3) is 4.77. The Kier molecular flexibility index (Phi) is 6.89. The normalized spacial score (nSPS) is 11.0. The van der Waals surface area contributed by atoms with E-state index >= 15 is 0 Å². The standard InChI is InChI=1S/C14H16ClN5O2/c1-3-11(20-17-2)9(8-16)13(21)19-14(22)18-12-7-5-4-6-10(12)15/h4-7,17,20H,3H2,1-2H3,(H2,18,19,21,22)/b11-9-. The molecule has 22 heavy (non-hydrogen) atoms. The van der Waals surface area contributed by atoms with Gasteiger partial charge in [0.1, 0.15) is 11.6 Å². The Morgan fingerprint density at radius 2 is 2.00 bits per heavy atom. The summed E-state index contributed by atoms with van der Waals surface area (Å²) in [6, 6.07) is 7.60. The summed E-state index contributed by atoms with van der Waals surface area (Å²) in [6.45, 7) is 1.77. The Balaban J connectivity index is 2.81. The van der Waals surface area contributed by atoms with Crippen LogP contribution in [0.1, 0.15) is 13.3 Å². The number of nitrogens with one attached hydrogen (secondary N) is 4. The van der Waals surface area contributed by atoms with Gasteiger partial charge >= 0.3 is 6.03 Å². The molecule has 0 radical (unpaired) electrons. The lowest BCUT2D eigenvalue weighted by molar-refractivity contribution is -0.116. The fraction of sp³-hybridized carbons (Fsp3) is 0.214. The number of anilines is 1. The average molecular weight is 322 g/mol. The zero-order valence-corrected chi connectivity index (χ0v) is 12.9. The van der Waals surface area contributed by atoms with Crippen LogP contribution in [0.3, 0.4) is 0 Å². The number of imide groups is 1. The molecule has 7 nitrogen and oxygen atoms in total. The van der Waals surface area contributed by atoms with Crippen LogP contribution in [0, 0.1) is 11.3 Å². The van der Waals surface area contributed by atoms with Crippen LogP contribution in [-0.2, 0) is 4.79 Å². The molecule has 0 aromatic heterocycles. The van der Waals surface area contributed by atoms with E-state index in [9.17, 15) is 9.59 Å². The van der Waals surface area contributed by atoms with Crippen molar-refractivity contribution in [1.29, 1.82) is 5.26 Å². The van der Waals surface area contributed by atoms with Crippen LogP contribution in [0.4, 0.5) is 10.5 Å². The molecule has 0 aliphatic rings. The molecule has 1 rings (SSSR count). The van der Waals surface area contributed by atoms with Gasteiger partial charge in [0.2, 0.25) is 0 Å². The number of nitriles is 1. The van der Waals surface area contributed by atoms with Crippen LogP contribution in [-0.4, -0.2) is 19.0 Å². The van der Waals surface area contributed by atoms with Gasteiger partial charge in [-0.05, 0) is 18.6 Å². The summed E-state index contributed by atoms with van der Waals surface area (Å²) in [5, 5.41) is 13.9. The second-order valence-electron chi connectivity index (χ2n) is 4.08. The number of rotatable bonds is 5. The van der Waals surface area contributed by atoms with Gasteiger partial charge in [-0.25, -0.2) is 10.2 Å². The van der Waals surface area contributed by atoms with Crippen LogP contribution < -0.4 is 21.5 Å². The quantitative estimate of drug-likeness (QED) is 0.376. The SMILES string of the molecule is CC/C(NNC)=C(\C#N)C(=O)NC(=O)Nc1ccccc1Cl. The summed E-state index contributed by atoms with van der Waals surface area (Å²) in [6.07, 6.45) is 0.420. The number of amides is 3. The summed E-state index contributed by atoms with van der Waals surface area (Å²) < 4.78 is 0. The zero-order valence-electron chi connectivity index (χ0n) is 12.2. The Morgan fingerprint density at radius 1 is 1.32 bits per heavy atom. The van der Waals surface area contributed by atoms with Gasteiger partial charge in [0.25, 0.3) is 5.91 Å². The molecule has 0 saturated carbocycles. The van der Waals surface area contributed by atoms with Gasteiger partial charge in [-0.1, -0.05) is 30.7 Å². The Bertz CT molecular complexity index is 636. The van der Waals surface area contributed by atoms with Gasteiger partial charge in [0.05, 0.1) is 10.7 Å². The van der Waals surface area contributed by atoms with Gasteiger partial charge in [0, 0.05) is 12.7 Å². The molecule has 0 fully saturated rings. The molecule has 0 atom stereocenters. The largest absolute Gasteiger partial charge is 0.326 e. The van der Waals surface area contributed by atoms with E-state index < -0.39 is 11.9 Å². The number of carbonyl (C=O) groups excluding carboxylic acids is 2. The lowest BCUT2D eigenvalue weighted by Crippen LogP contribution is -2.37. The molecule has 0 unspecified atom stereocenters. The highest BCUT2D eigenvalue weighted by Crippen LogP contribution is 2.20. The minimum Gasteiger partial charge on any atom is -0.324 e. The van der Waals surface area contributed by atoms with Crippen molar-refractivity contribution in [2.24, 2.45) is 0 Å². The van der Waals surface area contributed by atoms with Crippen molar-refractivity contribution in [3.05, 3.63) is 40.6 Å². The minimum absolute atomic E-state index is 0.175. The van der Waals surface area contributed by atoms with Crippen molar-refractivity contribution in [2.45, 2.75) is 13.3 Å². The lowest BCUT2D eigenvalue weighted by atomic mass is 10.2. The summed E-state index contributed by atoms with van der Waals surface area (Å²) in [4.78, 5) is 23.8. The molecular formula is C14H16ClN5O2. The molecule has 0 aliphatic heterocycles. The number of benzene rings is 1. The third-order valence-corrected chi connectivity index (χ3v) is 2.95. The fourth-order valence-electron chi connectivity index (χ4n) is 1.62. The summed E-state index contributed by atoms with van der Waals surface area (Å²) >= 11 is 5.90. The van der Waals surface area contributed by atoms with E-state index in [0.29, 0.717) is 22.8 Å². The molecule has 0 spiro atoms. The number of carbonyl (C=O) groups is 2. The first kappa shape index (κ1) is 17.5. The maximum atomic E-state index is 12.0. The molecule has 0 heterocycles. The molecule has 1 aromatic rings. The van der Waals surface area contributed by atoms with Crippen molar-refractivity contribution in [1.82, 2.24) is 16.2 Å². The number of hydrogen-bond acceptors (Lipinski definition) is 5. The van der Waals surface area contributed by atoms with Crippen molar-refractivity contribution >= 4 is 29.2 Å². The number of nitrogens with zero attached hydrogens (tertiary/aromatic N) is 1. The fourth-order valence-corrected chi connectivity index (χ4v) is 1.80. The number of urea groups is 1. The summed E-state index contributed by atoms with van der Waals surface area (Å²) in [5.74, 6) is -0.799. The smallest absolute Gasteiger partial charge is 0.324 e. The first-order chi connectivity index (χ1) is 10.5. The monoisotopic (exact) mass is 321 g/mol. The Hall–Kier alpha value is -2.56. The van der Waals surface area contributed by atoms with Crippen molar-refractivity contribution < 1.29 is 9.59 Å². The maximum Gasteiger partial charge on any atom is 0.326 e. The summed E-state index contributed by atoms with van der Waals surface area (Å²) in [7, 11) is 1.60. The third-order valence-electron chi connectivity index (χ3n) is 2.62. The molecule has 0 saturated heterocycles. The summed E-state index contributed by atoms with van der Waals surface area (Å²) in [5.41, 5.74) is 5.89. The minimum atomic E-state index is -0.799. The molecule has 4 N–H and O–H groups in total. The number of hydrazine groups is 1. The molecule has 8 heteroatoms. The first-order valence-corrected chi connectivity index (χ1v) is 6.84. The van der Waals surface area contributed by atoms with Crippen molar-refractivity contribution in [2.75, 3.05) is 12.4 Å². The highest BCUT2D eigenvalue weighted by atomic mass is 35.5. The zero-order chi connectivity index (χ0) is 16.5. The molecule has 0 bridgehead atoms. The van der Waals surface area contributed by atoms with Crippen LogP contribution in [0.25, 0.3) is 0 Å². The Labute approximate surface area is 133 Å².